The molecular formula is C66H74N6O5+2. The quantitative estimate of drug-likeness (QED) is 0.0301. The number of para-hydroxylation sites is 2. The summed E-state index contributed by atoms with van der Waals surface area (Å²) in [4.78, 5) is 55.1. The minimum Gasteiger partial charge on any atom is -0.493 e. The summed E-state index contributed by atoms with van der Waals surface area (Å²) in [6, 6.07) is 45.2. The lowest BCUT2D eigenvalue weighted by atomic mass is 9.99. The molecule has 1 aliphatic heterocycles. The molecule has 0 saturated carbocycles. The summed E-state index contributed by atoms with van der Waals surface area (Å²) >= 11 is 0. The second kappa shape index (κ2) is 27.9. The van der Waals surface area contributed by atoms with Gasteiger partial charge in [-0.2, -0.15) is 9.13 Å². The lowest BCUT2D eigenvalue weighted by Crippen LogP contribution is -2.37. The second-order valence-corrected chi connectivity index (χ2v) is 19.7. The Bertz CT molecular complexity index is 3250. The molecule has 0 spiro atoms. The predicted octanol–water partition coefficient (Wildman–Crippen LogP) is 12.7. The minimum absolute atomic E-state index is 0.0793. The number of unbranched alkanes of at least 4 members (excludes halogenated alkanes) is 3. The van der Waals surface area contributed by atoms with Gasteiger partial charge in [-0.05, 0) is 142 Å². The van der Waals surface area contributed by atoms with E-state index in [1.807, 2.05) is 149 Å². The summed E-state index contributed by atoms with van der Waals surface area (Å²) in [5, 5.41) is 7.03. The van der Waals surface area contributed by atoms with Gasteiger partial charge in [0.25, 0.3) is 11.8 Å². The highest BCUT2D eigenvalue weighted by Gasteiger charge is 2.21. The molecule has 8 rings (SSSR count). The molecule has 0 fully saturated rings. The van der Waals surface area contributed by atoms with Crippen LogP contribution in [-0.2, 0) is 38.7 Å². The van der Waals surface area contributed by atoms with E-state index in [1.165, 1.54) is 29.7 Å². The number of nitrogens with one attached hydrogen (secondary N) is 2. The molecule has 77 heavy (non-hydrogen) atoms. The third kappa shape index (κ3) is 16.0. The van der Waals surface area contributed by atoms with Gasteiger partial charge in [-0.25, -0.2) is 0 Å². The number of hydrogen-bond donors (Lipinski definition) is 2. The zero-order valence-electron chi connectivity index (χ0n) is 45.9. The first kappa shape index (κ1) is 56.3. The molecule has 0 unspecified atom stereocenters. The molecule has 11 heteroatoms. The van der Waals surface area contributed by atoms with Crippen molar-refractivity contribution >= 4 is 80.3 Å². The van der Waals surface area contributed by atoms with Crippen molar-refractivity contribution in [2.24, 2.45) is 0 Å². The lowest BCUT2D eigenvalue weighted by molar-refractivity contribution is -0.684. The SMILES string of the molecule is CC(=O)C[n+]1ccc(/C(=C/c2ccc3c(c2)CCN3C=C(C)C)C(=O)Nc2ccccc2)cc1.CCCCCCOc1cc(N(CC)CC)ccc1/C=C(\C(=O)Nc1ccccc1)c1ccc2c(ccc[n+]2CC(C)=O)c1. The lowest BCUT2D eigenvalue weighted by Gasteiger charge is -2.22. The Morgan fingerprint density at radius 1 is 0.636 bits per heavy atom. The van der Waals surface area contributed by atoms with Crippen molar-refractivity contribution in [3.8, 4) is 5.75 Å². The number of ketones is 2. The van der Waals surface area contributed by atoms with E-state index in [0.29, 0.717) is 30.8 Å². The van der Waals surface area contributed by atoms with Crippen molar-refractivity contribution in [3.05, 3.63) is 198 Å². The molecule has 0 atom stereocenters. The molecule has 396 valence electrons. The number of anilines is 4. The number of amides is 2. The Morgan fingerprint density at radius 2 is 1.30 bits per heavy atom. The fourth-order valence-corrected chi connectivity index (χ4v) is 9.39. The van der Waals surface area contributed by atoms with Gasteiger partial charge in [0.15, 0.2) is 30.2 Å². The molecule has 7 aromatic rings. The fraction of sp³-hybridized carbons (Fsp3) is 0.273. The van der Waals surface area contributed by atoms with Crippen LogP contribution in [-0.4, -0.2) is 49.6 Å². The number of ether oxygens (including phenoxy) is 1. The summed E-state index contributed by atoms with van der Waals surface area (Å²) in [5.74, 6) is 0.545. The molecule has 5 aromatic carbocycles. The van der Waals surface area contributed by atoms with Crippen LogP contribution in [0.1, 0.15) is 102 Å². The van der Waals surface area contributed by atoms with Crippen molar-refractivity contribution in [2.75, 3.05) is 46.7 Å². The van der Waals surface area contributed by atoms with Gasteiger partial charge < -0.3 is 25.2 Å². The number of Topliss-reactive ketones (excluding diaryl/α,β-unsaturated/α-hetero) is 2. The topological polar surface area (TPSA) is 116 Å². The maximum Gasteiger partial charge on any atom is 0.256 e. The molecule has 1 aliphatic rings. The number of carbonyl (C=O) groups excluding carboxylic acids is 4. The molecule has 3 heterocycles. The standard InChI is InChI=1S/C37H43N3O3.C29H29N3O2/c1-5-8-9-13-23-43-36-26-33(39(6-2)7-3)20-18-31(36)25-34(37(42)38-32-16-11-10-12-17-32)29-19-21-35-30(24-29)15-14-22-40(35)27-28(4)41;1-21(2)19-32-16-13-25-17-23(9-10-28(25)32)18-27(29(34)30-26-7-5-4-6-8-26)24-11-14-31(15-12-24)20-22(3)33/h10-12,14-22,24-26H,5-9,13,23,27H2,1-4H3;4-12,14-15,17-19H,13,16,20H2,1-3H3/p+2/b34-25-;. The maximum absolute atomic E-state index is 13.9. The zero-order valence-corrected chi connectivity index (χ0v) is 45.9. The number of nitrogens with zero attached hydrogens (tertiary/aromatic N) is 4. The summed E-state index contributed by atoms with van der Waals surface area (Å²) in [5.41, 5.74) is 11.8. The van der Waals surface area contributed by atoms with Crippen LogP contribution in [0.25, 0.3) is 34.2 Å². The highest BCUT2D eigenvalue weighted by atomic mass is 16.5. The van der Waals surface area contributed by atoms with Crippen molar-refractivity contribution in [3.63, 3.8) is 0 Å². The van der Waals surface area contributed by atoms with Gasteiger partial charge in [0.05, 0.1) is 6.61 Å². The first-order chi connectivity index (χ1) is 37.3. The number of allylic oxidation sites excluding steroid dienone is 1. The first-order valence-corrected chi connectivity index (χ1v) is 27.0. The highest BCUT2D eigenvalue weighted by molar-refractivity contribution is 6.30. The number of fused-ring (bicyclic) bond motifs is 2. The average Bonchev–Trinajstić information content (AvgIpc) is 3.81. The van der Waals surface area contributed by atoms with E-state index in [4.69, 9.17) is 4.74 Å². The van der Waals surface area contributed by atoms with E-state index in [-0.39, 0.29) is 23.4 Å². The second-order valence-electron chi connectivity index (χ2n) is 19.7. The Labute approximate surface area is 455 Å². The third-order valence-electron chi connectivity index (χ3n) is 13.2. The molecule has 11 nitrogen and oxygen atoms in total. The van der Waals surface area contributed by atoms with Gasteiger partial charge in [-0.15, -0.1) is 0 Å². The Morgan fingerprint density at radius 3 is 1.92 bits per heavy atom. The molecule has 2 N–H and O–H groups in total. The number of rotatable bonds is 22. The summed E-state index contributed by atoms with van der Waals surface area (Å²) in [7, 11) is 0. The number of aromatic nitrogens is 2. The first-order valence-electron chi connectivity index (χ1n) is 27.0. The predicted molar refractivity (Wildman–Crippen MR) is 315 cm³/mol. The van der Waals surface area contributed by atoms with Gasteiger partial charge >= 0.3 is 0 Å². The van der Waals surface area contributed by atoms with Crippen molar-refractivity contribution in [2.45, 2.75) is 93.7 Å². The molecule has 2 amide bonds. The molecule has 2 aromatic heterocycles. The van der Waals surface area contributed by atoms with Crippen LogP contribution in [0.15, 0.2) is 170 Å². The Kier molecular flexibility index (Phi) is 20.4. The van der Waals surface area contributed by atoms with Crippen LogP contribution in [0.3, 0.4) is 0 Å². The van der Waals surface area contributed by atoms with Crippen LogP contribution >= 0.6 is 0 Å². The van der Waals surface area contributed by atoms with Crippen LogP contribution in [0.5, 0.6) is 5.75 Å². The van der Waals surface area contributed by atoms with Gasteiger partial charge in [0, 0.05) is 115 Å². The normalized spacial score (nSPS) is 12.0. The van der Waals surface area contributed by atoms with E-state index in [1.54, 1.807) is 13.8 Å². The van der Waals surface area contributed by atoms with Crippen LogP contribution in [0.2, 0.25) is 0 Å². The third-order valence-corrected chi connectivity index (χ3v) is 13.2. The Hall–Kier alpha value is -8.44. The monoisotopic (exact) mass is 1030 g/mol. The number of benzene rings is 5. The molecular weight excluding hydrogens is 957 g/mol. The van der Waals surface area contributed by atoms with Gasteiger partial charge in [0.1, 0.15) is 5.75 Å². The van der Waals surface area contributed by atoms with E-state index in [2.05, 4.69) is 91.6 Å². The summed E-state index contributed by atoms with van der Waals surface area (Å²) in [6.07, 6.45) is 17.1. The van der Waals surface area contributed by atoms with Crippen molar-refractivity contribution in [1.82, 2.24) is 0 Å². The van der Waals surface area contributed by atoms with Crippen molar-refractivity contribution in [1.29, 1.82) is 0 Å². The molecule has 0 saturated heterocycles. The van der Waals surface area contributed by atoms with E-state index in [0.717, 1.165) is 94.9 Å². The van der Waals surface area contributed by atoms with E-state index in [9.17, 15) is 19.2 Å². The Balaban J connectivity index is 0.000000230. The number of hydrogen-bond acceptors (Lipinski definition) is 7. The summed E-state index contributed by atoms with van der Waals surface area (Å²) < 4.78 is 10.1. The van der Waals surface area contributed by atoms with Crippen molar-refractivity contribution < 1.29 is 33.0 Å². The smallest absolute Gasteiger partial charge is 0.256 e. The van der Waals surface area contributed by atoms with Crippen LogP contribution in [0, 0.1) is 0 Å². The largest absolute Gasteiger partial charge is 0.493 e. The van der Waals surface area contributed by atoms with E-state index >= 15 is 0 Å². The van der Waals surface area contributed by atoms with Crippen LogP contribution in [0.4, 0.5) is 22.7 Å². The number of pyridine rings is 2. The fourth-order valence-electron chi connectivity index (χ4n) is 9.39. The van der Waals surface area contributed by atoms with Gasteiger partial charge in [0.2, 0.25) is 18.6 Å². The number of carbonyl (C=O) groups is 4. The summed E-state index contributed by atoms with van der Waals surface area (Å²) in [6.45, 7) is 17.8. The maximum atomic E-state index is 13.9. The highest BCUT2D eigenvalue weighted by Crippen LogP contribution is 2.33. The minimum atomic E-state index is -0.209. The van der Waals surface area contributed by atoms with E-state index < -0.39 is 0 Å². The molecule has 0 bridgehead atoms. The zero-order chi connectivity index (χ0) is 54.7. The molecule has 0 aliphatic carbocycles. The van der Waals surface area contributed by atoms with Gasteiger partial charge in [-0.1, -0.05) is 74.2 Å². The van der Waals surface area contributed by atoms with Crippen LogP contribution < -0.4 is 34.3 Å². The average molecular weight is 1030 g/mol. The van der Waals surface area contributed by atoms with Gasteiger partial charge in [-0.3, -0.25) is 19.2 Å². The molecule has 0 radical (unpaired) electrons.